The van der Waals surface area contributed by atoms with Gasteiger partial charge in [-0.05, 0) is 42.5 Å². The fourth-order valence-electron chi connectivity index (χ4n) is 2.53. The van der Waals surface area contributed by atoms with Gasteiger partial charge in [-0.1, -0.05) is 16.8 Å². The third kappa shape index (κ3) is 2.73. The molecule has 1 aromatic heterocycles. The second kappa shape index (κ2) is 5.54. The van der Waals surface area contributed by atoms with Crippen molar-refractivity contribution in [2.24, 2.45) is 0 Å². The molecule has 3 rings (SSSR count). The van der Waals surface area contributed by atoms with Gasteiger partial charge >= 0.3 is 0 Å². The zero-order valence-electron chi connectivity index (χ0n) is 11.0. The minimum atomic E-state index is -0.237. The van der Waals surface area contributed by atoms with Gasteiger partial charge in [-0.2, -0.15) is 5.26 Å². The Balaban J connectivity index is 1.63. The molecule has 0 aliphatic heterocycles. The molecule has 0 spiro atoms. The highest BCUT2D eigenvalue weighted by molar-refractivity contribution is 6.30. The van der Waals surface area contributed by atoms with Crippen LogP contribution >= 0.6 is 11.6 Å². The molecular weight excluding hydrogens is 290 g/mol. The van der Waals surface area contributed by atoms with Gasteiger partial charge in [0, 0.05) is 11.1 Å². The van der Waals surface area contributed by atoms with Crippen LogP contribution in [0.1, 0.15) is 40.4 Å². The van der Waals surface area contributed by atoms with E-state index in [1.165, 1.54) is 6.20 Å². The average Bonchev–Trinajstić information content (AvgIpc) is 2.96. The number of nitrogens with zero attached hydrogens (tertiary/aromatic N) is 3. The quantitative estimate of drug-likeness (QED) is 0.906. The molecule has 7 heteroatoms. The van der Waals surface area contributed by atoms with Crippen LogP contribution in [0.2, 0.25) is 5.02 Å². The van der Waals surface area contributed by atoms with Gasteiger partial charge in [-0.15, -0.1) is 5.10 Å². The summed E-state index contributed by atoms with van der Waals surface area (Å²) < 4.78 is 0. The molecule has 0 radical (unpaired) electrons. The van der Waals surface area contributed by atoms with Crippen molar-refractivity contribution in [2.45, 2.75) is 24.8 Å². The van der Waals surface area contributed by atoms with Crippen molar-refractivity contribution >= 4 is 17.5 Å². The van der Waals surface area contributed by atoms with Crippen LogP contribution in [0.3, 0.4) is 0 Å². The van der Waals surface area contributed by atoms with Gasteiger partial charge in [0.2, 0.25) is 0 Å². The number of aromatic nitrogens is 3. The fourth-order valence-corrected chi connectivity index (χ4v) is 2.72. The van der Waals surface area contributed by atoms with Crippen molar-refractivity contribution in [3.63, 3.8) is 0 Å². The van der Waals surface area contributed by atoms with Crippen molar-refractivity contribution in [2.75, 3.05) is 0 Å². The summed E-state index contributed by atoms with van der Waals surface area (Å²) in [7, 11) is 0. The van der Waals surface area contributed by atoms with E-state index >= 15 is 0 Å². The maximum absolute atomic E-state index is 11.8. The minimum Gasteiger partial charge on any atom is -0.348 e. The predicted octanol–water partition coefficient (Wildman–Crippen LogP) is 2.01. The van der Waals surface area contributed by atoms with E-state index in [2.05, 4.69) is 26.8 Å². The van der Waals surface area contributed by atoms with Crippen LogP contribution in [0.25, 0.3) is 0 Å². The number of carbonyl (C=O) groups excluding carboxylic acids is 1. The standard InChI is InChI=1S/C14H12ClN5O/c15-10-2-1-8(6-16)12(5-10)9-3-11(4-9)18-14(21)13-7-17-20-19-13/h1-2,5,7,9,11H,3-4H2,(H,18,21)(H,17,19,20)/t9-,11+. The Bertz CT molecular complexity index is 701. The van der Waals surface area contributed by atoms with Crippen LogP contribution in [-0.2, 0) is 0 Å². The number of benzene rings is 1. The molecule has 1 aliphatic rings. The number of halogens is 1. The molecule has 106 valence electrons. The molecular formula is C14H12ClN5O. The summed E-state index contributed by atoms with van der Waals surface area (Å²) in [5, 5.41) is 22.3. The van der Waals surface area contributed by atoms with Gasteiger partial charge in [0.1, 0.15) is 0 Å². The van der Waals surface area contributed by atoms with E-state index in [4.69, 9.17) is 16.9 Å². The number of amides is 1. The molecule has 0 saturated heterocycles. The number of H-pyrrole nitrogens is 1. The maximum atomic E-state index is 11.8. The first kappa shape index (κ1) is 13.6. The lowest BCUT2D eigenvalue weighted by Gasteiger charge is -2.36. The lowest BCUT2D eigenvalue weighted by Crippen LogP contribution is -2.43. The Kier molecular flexibility index (Phi) is 3.59. The number of nitriles is 1. The first-order chi connectivity index (χ1) is 10.2. The number of rotatable bonds is 3. The summed E-state index contributed by atoms with van der Waals surface area (Å²) in [6.45, 7) is 0. The van der Waals surface area contributed by atoms with E-state index in [1.54, 1.807) is 12.1 Å². The number of carbonyl (C=O) groups is 1. The molecule has 0 bridgehead atoms. The lowest BCUT2D eigenvalue weighted by atomic mass is 9.74. The summed E-state index contributed by atoms with van der Waals surface area (Å²) >= 11 is 5.99. The van der Waals surface area contributed by atoms with Crippen LogP contribution in [-0.4, -0.2) is 27.4 Å². The second-order valence-corrected chi connectivity index (χ2v) is 5.48. The van der Waals surface area contributed by atoms with Crippen molar-refractivity contribution in [1.82, 2.24) is 20.7 Å². The van der Waals surface area contributed by atoms with E-state index in [1.807, 2.05) is 6.07 Å². The Morgan fingerprint density at radius 2 is 2.29 bits per heavy atom. The maximum Gasteiger partial charge on any atom is 0.273 e. The monoisotopic (exact) mass is 301 g/mol. The summed E-state index contributed by atoms with van der Waals surface area (Å²) in [5.41, 5.74) is 1.88. The fraction of sp³-hybridized carbons (Fsp3) is 0.286. The topological polar surface area (TPSA) is 94.5 Å². The molecule has 6 nitrogen and oxygen atoms in total. The third-order valence-electron chi connectivity index (χ3n) is 3.70. The largest absolute Gasteiger partial charge is 0.348 e. The molecule has 0 atom stereocenters. The van der Waals surface area contributed by atoms with Gasteiger partial charge in [-0.25, -0.2) is 0 Å². The Morgan fingerprint density at radius 3 is 2.95 bits per heavy atom. The summed E-state index contributed by atoms with van der Waals surface area (Å²) in [5.74, 6) is 0.0137. The van der Waals surface area contributed by atoms with E-state index in [0.717, 1.165) is 18.4 Å². The van der Waals surface area contributed by atoms with Crippen LogP contribution in [0.15, 0.2) is 24.4 Å². The average molecular weight is 302 g/mol. The molecule has 2 aromatic rings. The van der Waals surface area contributed by atoms with Gasteiger partial charge in [0.05, 0.1) is 17.8 Å². The number of hydrogen-bond donors (Lipinski definition) is 2. The highest BCUT2D eigenvalue weighted by Crippen LogP contribution is 2.39. The smallest absolute Gasteiger partial charge is 0.273 e. The first-order valence-corrected chi connectivity index (χ1v) is 6.92. The lowest BCUT2D eigenvalue weighted by molar-refractivity contribution is 0.0903. The molecule has 0 unspecified atom stereocenters. The van der Waals surface area contributed by atoms with Crippen molar-refractivity contribution in [3.8, 4) is 6.07 Å². The zero-order chi connectivity index (χ0) is 14.8. The van der Waals surface area contributed by atoms with Crippen LogP contribution < -0.4 is 5.32 Å². The third-order valence-corrected chi connectivity index (χ3v) is 3.93. The molecule has 1 aliphatic carbocycles. The van der Waals surface area contributed by atoms with Gasteiger partial charge in [0.15, 0.2) is 5.69 Å². The first-order valence-electron chi connectivity index (χ1n) is 6.54. The molecule has 1 heterocycles. The van der Waals surface area contributed by atoms with E-state index in [-0.39, 0.29) is 23.6 Å². The number of hydrogen-bond acceptors (Lipinski definition) is 4. The normalized spacial score (nSPS) is 20.4. The van der Waals surface area contributed by atoms with Crippen molar-refractivity contribution < 1.29 is 4.79 Å². The summed E-state index contributed by atoms with van der Waals surface area (Å²) in [6.07, 6.45) is 3.04. The molecule has 1 amide bonds. The van der Waals surface area contributed by atoms with Gasteiger partial charge < -0.3 is 5.32 Å². The van der Waals surface area contributed by atoms with Gasteiger partial charge in [0.25, 0.3) is 5.91 Å². The highest BCUT2D eigenvalue weighted by atomic mass is 35.5. The molecule has 1 aromatic carbocycles. The SMILES string of the molecule is N#Cc1ccc(Cl)cc1[C@H]1C[C@@H](NC(=O)c2c[nH]nn2)C1. The summed E-state index contributed by atoms with van der Waals surface area (Å²) in [6, 6.07) is 7.55. The van der Waals surface area contributed by atoms with E-state index < -0.39 is 0 Å². The molecule has 2 N–H and O–H groups in total. The molecule has 21 heavy (non-hydrogen) atoms. The van der Waals surface area contributed by atoms with Crippen LogP contribution in [0, 0.1) is 11.3 Å². The van der Waals surface area contributed by atoms with Gasteiger partial charge in [-0.3, -0.25) is 9.89 Å². The van der Waals surface area contributed by atoms with E-state index in [9.17, 15) is 4.79 Å². The Hall–Kier alpha value is -2.39. The second-order valence-electron chi connectivity index (χ2n) is 5.04. The molecule has 1 saturated carbocycles. The Labute approximate surface area is 126 Å². The zero-order valence-corrected chi connectivity index (χ0v) is 11.8. The van der Waals surface area contributed by atoms with Crippen LogP contribution in [0.4, 0.5) is 0 Å². The van der Waals surface area contributed by atoms with Crippen molar-refractivity contribution in [3.05, 3.63) is 46.2 Å². The number of aromatic amines is 1. The van der Waals surface area contributed by atoms with Crippen molar-refractivity contribution in [1.29, 1.82) is 5.26 Å². The molecule has 1 fully saturated rings. The summed E-state index contributed by atoms with van der Waals surface area (Å²) in [4.78, 5) is 11.8. The Morgan fingerprint density at radius 1 is 1.48 bits per heavy atom. The number of nitrogens with one attached hydrogen (secondary N) is 2. The predicted molar refractivity (Wildman–Crippen MR) is 75.8 cm³/mol. The minimum absolute atomic E-state index is 0.0877. The van der Waals surface area contributed by atoms with Crippen LogP contribution in [0.5, 0.6) is 0 Å². The highest BCUT2D eigenvalue weighted by Gasteiger charge is 2.33. The van der Waals surface area contributed by atoms with E-state index in [0.29, 0.717) is 10.6 Å².